The Balaban J connectivity index is 2.90. The summed E-state index contributed by atoms with van der Waals surface area (Å²) in [5.41, 5.74) is 0.952. The molecule has 0 aliphatic heterocycles. The number of nitrogens with zero attached hydrogens (tertiary/aromatic N) is 1. The predicted molar refractivity (Wildman–Crippen MR) is 61.3 cm³/mol. The second-order valence-electron chi connectivity index (χ2n) is 3.19. The number of nitriles is 1. The summed E-state index contributed by atoms with van der Waals surface area (Å²) in [5, 5.41) is 12.2. The zero-order chi connectivity index (χ0) is 12.1. The molecule has 5 heteroatoms. The number of ether oxygens (including phenoxy) is 1. The average molecular weight is 239 g/mol. The molecule has 1 rings (SSSR count). The van der Waals surface area contributed by atoms with Crippen LogP contribution in [0.25, 0.3) is 0 Å². The summed E-state index contributed by atoms with van der Waals surface area (Å²) in [6.07, 6.45) is 0. The van der Waals surface area contributed by atoms with Gasteiger partial charge in [-0.1, -0.05) is 11.6 Å². The van der Waals surface area contributed by atoms with Crippen LogP contribution in [0.4, 0.5) is 5.69 Å². The topological polar surface area (TPSA) is 62.1 Å². The number of hydrogen-bond acceptors (Lipinski definition) is 4. The molecule has 0 aliphatic carbocycles. The van der Waals surface area contributed by atoms with Crippen molar-refractivity contribution in [1.29, 1.82) is 5.26 Å². The first-order valence-corrected chi connectivity index (χ1v) is 5.00. The Bertz CT molecular complexity index is 440. The van der Waals surface area contributed by atoms with Gasteiger partial charge in [-0.2, -0.15) is 5.26 Å². The lowest BCUT2D eigenvalue weighted by atomic mass is 10.2. The van der Waals surface area contributed by atoms with Crippen molar-refractivity contribution in [3.05, 3.63) is 28.8 Å². The summed E-state index contributed by atoms with van der Waals surface area (Å²) in [4.78, 5) is 11.2. The van der Waals surface area contributed by atoms with Crippen molar-refractivity contribution >= 4 is 23.3 Å². The van der Waals surface area contributed by atoms with Gasteiger partial charge in [0, 0.05) is 5.02 Å². The van der Waals surface area contributed by atoms with Crippen molar-refractivity contribution < 1.29 is 9.53 Å². The number of esters is 1. The summed E-state index contributed by atoms with van der Waals surface area (Å²) in [6, 6.07) is 6.32. The van der Waals surface area contributed by atoms with Crippen molar-refractivity contribution in [2.24, 2.45) is 0 Å². The number of nitrogens with one attached hydrogen (secondary N) is 1. The molecule has 0 saturated carbocycles. The zero-order valence-electron chi connectivity index (χ0n) is 8.95. The fraction of sp³-hybridized carbons (Fsp3) is 0.273. The highest BCUT2D eigenvalue weighted by atomic mass is 35.5. The third kappa shape index (κ3) is 2.88. The minimum Gasteiger partial charge on any atom is -0.467 e. The number of carbonyl (C=O) groups is 1. The third-order valence-electron chi connectivity index (χ3n) is 2.03. The van der Waals surface area contributed by atoms with Gasteiger partial charge in [-0.15, -0.1) is 0 Å². The maximum Gasteiger partial charge on any atom is 0.327 e. The molecule has 1 aromatic carbocycles. The van der Waals surface area contributed by atoms with Crippen molar-refractivity contribution in [3.8, 4) is 6.07 Å². The number of benzene rings is 1. The molecule has 84 valence electrons. The molecule has 1 N–H and O–H groups in total. The maximum absolute atomic E-state index is 11.2. The van der Waals surface area contributed by atoms with E-state index in [-0.39, 0.29) is 5.97 Å². The highest BCUT2D eigenvalue weighted by Gasteiger charge is 2.14. The summed E-state index contributed by atoms with van der Waals surface area (Å²) in [6.45, 7) is 1.65. The van der Waals surface area contributed by atoms with E-state index in [1.165, 1.54) is 13.2 Å². The number of carbonyl (C=O) groups excluding carboxylic acids is 1. The van der Waals surface area contributed by atoms with Crippen LogP contribution in [0, 0.1) is 11.3 Å². The smallest absolute Gasteiger partial charge is 0.327 e. The van der Waals surface area contributed by atoms with Gasteiger partial charge in [0.2, 0.25) is 0 Å². The summed E-state index contributed by atoms with van der Waals surface area (Å²) >= 11 is 5.75. The van der Waals surface area contributed by atoms with Crippen LogP contribution in [0.3, 0.4) is 0 Å². The molecule has 16 heavy (non-hydrogen) atoms. The second-order valence-corrected chi connectivity index (χ2v) is 3.63. The van der Waals surface area contributed by atoms with Gasteiger partial charge in [0.15, 0.2) is 0 Å². The molecule has 0 spiro atoms. The second kappa shape index (κ2) is 5.38. The van der Waals surface area contributed by atoms with E-state index in [2.05, 4.69) is 10.1 Å². The van der Waals surface area contributed by atoms with E-state index in [0.717, 1.165) is 0 Å². The Morgan fingerprint density at radius 2 is 2.31 bits per heavy atom. The van der Waals surface area contributed by atoms with E-state index >= 15 is 0 Å². The van der Waals surface area contributed by atoms with Gasteiger partial charge in [0.1, 0.15) is 12.1 Å². The molecular weight excluding hydrogens is 228 g/mol. The van der Waals surface area contributed by atoms with Crippen LogP contribution in [0.15, 0.2) is 18.2 Å². The molecule has 4 nitrogen and oxygen atoms in total. The standard InChI is InChI=1S/C11H11ClN2O2/c1-7(11(15)16-2)14-10-4-3-9(12)5-8(10)6-13/h3-5,7,14H,1-2H3. The monoisotopic (exact) mass is 238 g/mol. The van der Waals surface area contributed by atoms with Crippen LogP contribution in [0.5, 0.6) is 0 Å². The van der Waals surface area contributed by atoms with Crippen LogP contribution in [-0.2, 0) is 9.53 Å². The molecule has 0 aliphatic rings. The van der Waals surface area contributed by atoms with Crippen molar-refractivity contribution in [3.63, 3.8) is 0 Å². The number of methoxy groups -OCH3 is 1. The summed E-state index contributed by atoms with van der Waals surface area (Å²) < 4.78 is 4.57. The van der Waals surface area contributed by atoms with E-state index in [1.54, 1.807) is 19.1 Å². The van der Waals surface area contributed by atoms with Gasteiger partial charge in [0.05, 0.1) is 18.4 Å². The minimum atomic E-state index is -0.515. The first-order valence-electron chi connectivity index (χ1n) is 4.62. The molecule has 0 amide bonds. The number of halogens is 1. The van der Waals surface area contributed by atoms with Gasteiger partial charge < -0.3 is 10.1 Å². The molecule has 0 fully saturated rings. The first kappa shape index (κ1) is 12.3. The van der Waals surface area contributed by atoms with Crippen molar-refractivity contribution in [2.75, 3.05) is 12.4 Å². The van der Waals surface area contributed by atoms with Gasteiger partial charge in [-0.25, -0.2) is 4.79 Å². The summed E-state index contributed by atoms with van der Waals surface area (Å²) in [5.74, 6) is -0.390. The van der Waals surface area contributed by atoms with E-state index < -0.39 is 6.04 Å². The lowest BCUT2D eigenvalue weighted by molar-refractivity contribution is -0.141. The molecule has 1 atom stereocenters. The van der Waals surface area contributed by atoms with Gasteiger partial charge in [-0.05, 0) is 25.1 Å². The van der Waals surface area contributed by atoms with Crippen LogP contribution in [-0.4, -0.2) is 19.1 Å². The fourth-order valence-corrected chi connectivity index (χ4v) is 1.38. The Kier molecular flexibility index (Phi) is 4.15. The third-order valence-corrected chi connectivity index (χ3v) is 2.26. The van der Waals surface area contributed by atoms with Crippen molar-refractivity contribution in [2.45, 2.75) is 13.0 Å². The molecule has 0 radical (unpaired) electrons. The molecule has 0 saturated heterocycles. The Hall–Kier alpha value is -1.73. The number of rotatable bonds is 3. The Morgan fingerprint density at radius 3 is 2.88 bits per heavy atom. The first-order chi connectivity index (χ1) is 7.58. The summed E-state index contributed by atoms with van der Waals surface area (Å²) in [7, 11) is 1.31. The average Bonchev–Trinajstić information content (AvgIpc) is 2.30. The molecule has 0 aromatic heterocycles. The lowest BCUT2D eigenvalue weighted by Gasteiger charge is -2.13. The van der Waals surface area contributed by atoms with Gasteiger partial charge >= 0.3 is 5.97 Å². The van der Waals surface area contributed by atoms with Gasteiger partial charge in [0.25, 0.3) is 0 Å². The highest BCUT2D eigenvalue weighted by Crippen LogP contribution is 2.20. The quantitative estimate of drug-likeness (QED) is 0.820. The highest BCUT2D eigenvalue weighted by molar-refractivity contribution is 6.30. The molecule has 0 bridgehead atoms. The largest absolute Gasteiger partial charge is 0.467 e. The maximum atomic E-state index is 11.2. The molecular formula is C11H11ClN2O2. The van der Waals surface area contributed by atoms with Crippen LogP contribution >= 0.6 is 11.6 Å². The molecule has 1 aromatic rings. The lowest BCUT2D eigenvalue weighted by Crippen LogP contribution is -2.27. The zero-order valence-corrected chi connectivity index (χ0v) is 9.71. The predicted octanol–water partition coefficient (Wildman–Crippen LogP) is 2.19. The Labute approximate surface area is 98.8 Å². The number of hydrogen-bond donors (Lipinski definition) is 1. The van der Waals surface area contributed by atoms with Crippen LogP contribution < -0.4 is 5.32 Å². The Morgan fingerprint density at radius 1 is 1.62 bits per heavy atom. The normalized spacial score (nSPS) is 11.4. The van der Waals surface area contributed by atoms with E-state index in [4.69, 9.17) is 16.9 Å². The minimum absolute atomic E-state index is 0.390. The fourth-order valence-electron chi connectivity index (χ4n) is 1.20. The van der Waals surface area contributed by atoms with Crippen LogP contribution in [0.1, 0.15) is 12.5 Å². The number of anilines is 1. The molecule has 0 heterocycles. The SMILES string of the molecule is COC(=O)C(C)Nc1ccc(Cl)cc1C#N. The van der Waals surface area contributed by atoms with Crippen LogP contribution in [0.2, 0.25) is 5.02 Å². The van der Waals surface area contributed by atoms with E-state index in [9.17, 15) is 4.79 Å². The molecule has 1 unspecified atom stereocenters. The van der Waals surface area contributed by atoms with Gasteiger partial charge in [-0.3, -0.25) is 0 Å². The van der Waals surface area contributed by atoms with E-state index in [1.807, 2.05) is 6.07 Å². The van der Waals surface area contributed by atoms with E-state index in [0.29, 0.717) is 16.3 Å². The van der Waals surface area contributed by atoms with Crippen molar-refractivity contribution in [1.82, 2.24) is 0 Å².